The summed E-state index contributed by atoms with van der Waals surface area (Å²) in [5, 5.41) is 2.53. The SMILES string of the molecule is COc1ccc(COC(=O)CCNC(C)=O)cc1. The Kier molecular flexibility index (Phi) is 5.70. The molecule has 1 rings (SSSR count). The van der Waals surface area contributed by atoms with Crippen molar-refractivity contribution < 1.29 is 19.1 Å². The van der Waals surface area contributed by atoms with E-state index in [-0.39, 0.29) is 24.9 Å². The fraction of sp³-hybridized carbons (Fsp3) is 0.385. The number of carbonyl (C=O) groups excluding carboxylic acids is 2. The van der Waals surface area contributed by atoms with Crippen molar-refractivity contribution in [2.75, 3.05) is 13.7 Å². The molecule has 1 aromatic rings. The molecule has 0 heterocycles. The number of ether oxygens (including phenoxy) is 2. The number of amides is 1. The summed E-state index contributed by atoms with van der Waals surface area (Å²) in [6, 6.07) is 7.28. The third-order valence-corrected chi connectivity index (χ3v) is 2.26. The Hall–Kier alpha value is -2.04. The lowest BCUT2D eigenvalue weighted by molar-refractivity contribution is -0.144. The van der Waals surface area contributed by atoms with E-state index in [2.05, 4.69) is 5.32 Å². The summed E-state index contributed by atoms with van der Waals surface area (Å²) >= 11 is 0. The summed E-state index contributed by atoms with van der Waals surface area (Å²) in [4.78, 5) is 21.9. The highest BCUT2D eigenvalue weighted by Gasteiger charge is 2.03. The maximum Gasteiger partial charge on any atom is 0.307 e. The Morgan fingerprint density at radius 2 is 1.89 bits per heavy atom. The van der Waals surface area contributed by atoms with Crippen molar-refractivity contribution in [2.24, 2.45) is 0 Å². The molecular weight excluding hydrogens is 234 g/mol. The zero-order chi connectivity index (χ0) is 13.4. The highest BCUT2D eigenvalue weighted by molar-refractivity contribution is 5.74. The van der Waals surface area contributed by atoms with E-state index in [1.54, 1.807) is 19.2 Å². The van der Waals surface area contributed by atoms with Gasteiger partial charge in [-0.25, -0.2) is 0 Å². The minimum atomic E-state index is -0.334. The maximum atomic E-state index is 11.3. The molecule has 0 saturated carbocycles. The molecule has 18 heavy (non-hydrogen) atoms. The second-order valence-corrected chi connectivity index (χ2v) is 3.74. The van der Waals surface area contributed by atoms with Crippen molar-refractivity contribution in [3.63, 3.8) is 0 Å². The third kappa shape index (κ3) is 5.34. The van der Waals surface area contributed by atoms with E-state index in [0.717, 1.165) is 11.3 Å². The smallest absolute Gasteiger partial charge is 0.307 e. The number of hydrogen-bond donors (Lipinski definition) is 1. The van der Waals surface area contributed by atoms with Gasteiger partial charge in [-0.3, -0.25) is 9.59 Å². The molecule has 1 amide bonds. The van der Waals surface area contributed by atoms with E-state index < -0.39 is 0 Å². The number of hydrogen-bond acceptors (Lipinski definition) is 4. The number of esters is 1. The summed E-state index contributed by atoms with van der Waals surface area (Å²) < 4.78 is 10.1. The molecule has 0 aliphatic rings. The standard InChI is InChI=1S/C13H17NO4/c1-10(15)14-8-7-13(16)18-9-11-3-5-12(17-2)6-4-11/h3-6H,7-9H2,1-2H3,(H,14,15). The second kappa shape index (κ2) is 7.32. The second-order valence-electron chi connectivity index (χ2n) is 3.74. The predicted molar refractivity (Wildman–Crippen MR) is 66.1 cm³/mol. The molecule has 0 atom stereocenters. The first-order chi connectivity index (χ1) is 8.61. The van der Waals surface area contributed by atoms with Gasteiger partial charge in [-0.2, -0.15) is 0 Å². The predicted octanol–water partition coefficient (Wildman–Crippen LogP) is 1.26. The van der Waals surface area contributed by atoms with Crippen LogP contribution in [0.5, 0.6) is 5.75 Å². The Bertz CT molecular complexity index is 400. The van der Waals surface area contributed by atoms with Crippen LogP contribution in [0.1, 0.15) is 18.9 Å². The quantitative estimate of drug-likeness (QED) is 0.773. The molecule has 1 aromatic carbocycles. The molecule has 5 heteroatoms. The Balaban J connectivity index is 2.26. The number of carbonyl (C=O) groups is 2. The van der Waals surface area contributed by atoms with Gasteiger partial charge in [0.15, 0.2) is 0 Å². The largest absolute Gasteiger partial charge is 0.497 e. The van der Waals surface area contributed by atoms with Crippen molar-refractivity contribution >= 4 is 11.9 Å². The molecule has 0 bridgehead atoms. The fourth-order valence-electron chi connectivity index (χ4n) is 1.30. The van der Waals surface area contributed by atoms with Gasteiger partial charge >= 0.3 is 5.97 Å². The average Bonchev–Trinajstić information content (AvgIpc) is 2.36. The first kappa shape index (κ1) is 14.0. The normalized spacial score (nSPS) is 9.67. The van der Waals surface area contributed by atoms with Gasteiger partial charge in [0.25, 0.3) is 0 Å². The van der Waals surface area contributed by atoms with E-state index in [1.807, 2.05) is 12.1 Å². The summed E-state index contributed by atoms with van der Waals surface area (Å²) in [6.07, 6.45) is 0.176. The van der Waals surface area contributed by atoms with Crippen molar-refractivity contribution in [3.05, 3.63) is 29.8 Å². The summed E-state index contributed by atoms with van der Waals surface area (Å²) in [5.74, 6) is 0.272. The number of rotatable bonds is 6. The Morgan fingerprint density at radius 1 is 1.22 bits per heavy atom. The first-order valence-electron chi connectivity index (χ1n) is 5.65. The highest BCUT2D eigenvalue weighted by atomic mass is 16.5. The lowest BCUT2D eigenvalue weighted by atomic mass is 10.2. The molecule has 0 saturated heterocycles. The first-order valence-corrected chi connectivity index (χ1v) is 5.65. The molecule has 0 aliphatic carbocycles. The van der Waals surface area contributed by atoms with Gasteiger partial charge in [0.05, 0.1) is 13.5 Å². The maximum absolute atomic E-state index is 11.3. The highest BCUT2D eigenvalue weighted by Crippen LogP contribution is 2.12. The van der Waals surface area contributed by atoms with Crippen LogP contribution in [0.25, 0.3) is 0 Å². The summed E-state index contributed by atoms with van der Waals surface area (Å²) in [6.45, 7) is 1.93. The van der Waals surface area contributed by atoms with Gasteiger partial charge in [-0.05, 0) is 17.7 Å². The van der Waals surface area contributed by atoms with Crippen molar-refractivity contribution in [1.82, 2.24) is 5.32 Å². The molecular formula is C13H17NO4. The van der Waals surface area contributed by atoms with Gasteiger partial charge in [0.2, 0.25) is 5.91 Å². The van der Waals surface area contributed by atoms with E-state index in [1.165, 1.54) is 6.92 Å². The molecule has 0 aliphatic heterocycles. The number of methoxy groups -OCH3 is 1. The van der Waals surface area contributed by atoms with E-state index in [4.69, 9.17) is 9.47 Å². The van der Waals surface area contributed by atoms with Crippen molar-refractivity contribution in [3.8, 4) is 5.75 Å². The van der Waals surface area contributed by atoms with Gasteiger partial charge in [0, 0.05) is 13.5 Å². The van der Waals surface area contributed by atoms with Crippen LogP contribution < -0.4 is 10.1 Å². The minimum Gasteiger partial charge on any atom is -0.497 e. The van der Waals surface area contributed by atoms with E-state index in [9.17, 15) is 9.59 Å². The van der Waals surface area contributed by atoms with Gasteiger partial charge in [0.1, 0.15) is 12.4 Å². The van der Waals surface area contributed by atoms with Crippen LogP contribution in [-0.4, -0.2) is 25.5 Å². The van der Waals surface area contributed by atoms with Crippen molar-refractivity contribution in [2.45, 2.75) is 20.0 Å². The molecule has 0 unspecified atom stereocenters. The fourth-order valence-corrected chi connectivity index (χ4v) is 1.30. The molecule has 1 N–H and O–H groups in total. The van der Waals surface area contributed by atoms with Gasteiger partial charge in [-0.1, -0.05) is 12.1 Å². The van der Waals surface area contributed by atoms with E-state index >= 15 is 0 Å². The van der Waals surface area contributed by atoms with Crippen molar-refractivity contribution in [1.29, 1.82) is 0 Å². The van der Waals surface area contributed by atoms with Crippen LogP contribution in [0.2, 0.25) is 0 Å². The molecule has 0 fully saturated rings. The van der Waals surface area contributed by atoms with Crippen LogP contribution in [0, 0.1) is 0 Å². The lowest BCUT2D eigenvalue weighted by Crippen LogP contribution is -2.23. The Labute approximate surface area is 106 Å². The van der Waals surface area contributed by atoms with Crippen LogP contribution in [-0.2, 0) is 20.9 Å². The van der Waals surface area contributed by atoms with Crippen LogP contribution in [0.15, 0.2) is 24.3 Å². The molecule has 98 valence electrons. The average molecular weight is 251 g/mol. The molecule has 5 nitrogen and oxygen atoms in total. The van der Waals surface area contributed by atoms with Crippen LogP contribution in [0.3, 0.4) is 0 Å². The minimum absolute atomic E-state index is 0.155. The summed E-state index contributed by atoms with van der Waals surface area (Å²) in [7, 11) is 1.59. The van der Waals surface area contributed by atoms with Gasteiger partial charge < -0.3 is 14.8 Å². The van der Waals surface area contributed by atoms with Crippen LogP contribution in [0.4, 0.5) is 0 Å². The van der Waals surface area contributed by atoms with Gasteiger partial charge in [-0.15, -0.1) is 0 Å². The lowest BCUT2D eigenvalue weighted by Gasteiger charge is -2.06. The zero-order valence-corrected chi connectivity index (χ0v) is 10.6. The summed E-state index contributed by atoms with van der Waals surface area (Å²) in [5.41, 5.74) is 0.892. The Morgan fingerprint density at radius 3 is 2.44 bits per heavy atom. The van der Waals surface area contributed by atoms with Crippen LogP contribution >= 0.6 is 0 Å². The molecule has 0 spiro atoms. The zero-order valence-electron chi connectivity index (χ0n) is 10.6. The molecule has 0 radical (unpaired) electrons. The molecule has 0 aromatic heterocycles. The monoisotopic (exact) mass is 251 g/mol. The topological polar surface area (TPSA) is 64.6 Å². The van der Waals surface area contributed by atoms with E-state index in [0.29, 0.717) is 6.54 Å². The third-order valence-electron chi connectivity index (χ3n) is 2.26. The number of benzene rings is 1. The number of nitrogens with one attached hydrogen (secondary N) is 1.